The zero-order valence-corrected chi connectivity index (χ0v) is 18.6. The first-order valence-corrected chi connectivity index (χ1v) is 11.1. The normalized spacial score (nSPS) is 20.0. The third-order valence-corrected chi connectivity index (χ3v) is 6.83. The van der Waals surface area contributed by atoms with Crippen LogP contribution in [0.15, 0.2) is 29.2 Å². The Kier molecular flexibility index (Phi) is 6.12. The van der Waals surface area contributed by atoms with Crippen LogP contribution in [0, 0.1) is 5.41 Å². The van der Waals surface area contributed by atoms with Gasteiger partial charge in [0.05, 0.1) is 4.90 Å². The van der Waals surface area contributed by atoms with E-state index < -0.39 is 10.0 Å². The molecule has 1 aliphatic rings. The molecule has 0 spiro atoms. The van der Waals surface area contributed by atoms with Gasteiger partial charge in [-0.05, 0) is 35.4 Å². The van der Waals surface area contributed by atoms with Gasteiger partial charge < -0.3 is 4.90 Å². The zero-order chi connectivity index (χ0) is 20.6. The number of hydrogen-bond donors (Lipinski definition) is 0. The average Bonchev–Trinajstić information content (AvgIpc) is 2.52. The van der Waals surface area contributed by atoms with Crippen molar-refractivity contribution in [3.8, 4) is 0 Å². The van der Waals surface area contributed by atoms with E-state index in [4.69, 9.17) is 0 Å². The second kappa shape index (κ2) is 7.55. The molecule has 0 N–H and O–H groups in total. The highest BCUT2D eigenvalue weighted by molar-refractivity contribution is 7.89. The first-order chi connectivity index (χ1) is 12.2. The molecular weight excluding hydrogens is 360 g/mol. The first kappa shape index (κ1) is 21.9. The van der Waals surface area contributed by atoms with Crippen molar-refractivity contribution in [3.63, 3.8) is 0 Å². The van der Waals surface area contributed by atoms with Crippen LogP contribution in [0.3, 0.4) is 0 Å². The summed E-state index contributed by atoms with van der Waals surface area (Å²) >= 11 is 0. The van der Waals surface area contributed by atoms with Gasteiger partial charge in [-0.25, -0.2) is 8.42 Å². The topological polar surface area (TPSA) is 57.7 Å². The Morgan fingerprint density at radius 3 is 2.04 bits per heavy atom. The molecule has 0 radical (unpaired) electrons. The SMILES string of the molecule is CC1CN(S(=O)(=O)c2ccc(C(C)(C)C)cc2)CCN1C(=O)CC(C)(C)C. The van der Waals surface area contributed by atoms with Crippen molar-refractivity contribution in [2.75, 3.05) is 19.6 Å². The zero-order valence-electron chi connectivity index (χ0n) is 17.7. The van der Waals surface area contributed by atoms with E-state index in [2.05, 4.69) is 20.8 Å². The monoisotopic (exact) mass is 394 g/mol. The van der Waals surface area contributed by atoms with Crippen molar-refractivity contribution in [1.29, 1.82) is 0 Å². The second-order valence-electron chi connectivity index (χ2n) is 9.81. The number of rotatable bonds is 3. The first-order valence-electron chi connectivity index (χ1n) is 9.62. The maximum Gasteiger partial charge on any atom is 0.243 e. The molecule has 2 rings (SSSR count). The Labute approximate surface area is 164 Å². The third-order valence-electron chi connectivity index (χ3n) is 4.95. The van der Waals surface area contributed by atoms with Crippen LogP contribution in [0.5, 0.6) is 0 Å². The minimum Gasteiger partial charge on any atom is -0.337 e. The van der Waals surface area contributed by atoms with Gasteiger partial charge in [-0.2, -0.15) is 4.31 Å². The largest absolute Gasteiger partial charge is 0.337 e. The fourth-order valence-corrected chi connectivity index (χ4v) is 4.86. The van der Waals surface area contributed by atoms with Gasteiger partial charge in [-0.15, -0.1) is 0 Å². The van der Waals surface area contributed by atoms with Gasteiger partial charge in [0.2, 0.25) is 15.9 Å². The summed E-state index contributed by atoms with van der Waals surface area (Å²) in [5.41, 5.74) is 1.01. The van der Waals surface area contributed by atoms with Gasteiger partial charge in [0.15, 0.2) is 0 Å². The van der Waals surface area contributed by atoms with E-state index in [0.717, 1.165) is 5.56 Å². The number of carbonyl (C=O) groups is 1. The van der Waals surface area contributed by atoms with E-state index in [1.807, 2.05) is 44.7 Å². The summed E-state index contributed by atoms with van der Waals surface area (Å²) in [6, 6.07) is 7.03. The van der Waals surface area contributed by atoms with Crippen molar-refractivity contribution in [2.45, 2.75) is 71.2 Å². The summed E-state index contributed by atoms with van der Waals surface area (Å²) < 4.78 is 27.5. The number of nitrogens with zero attached hydrogens (tertiary/aromatic N) is 2. The molecule has 1 aliphatic heterocycles. The molecule has 1 saturated heterocycles. The van der Waals surface area contributed by atoms with Crippen LogP contribution >= 0.6 is 0 Å². The van der Waals surface area contributed by atoms with Crippen LogP contribution in [0.1, 0.15) is 60.5 Å². The fraction of sp³-hybridized carbons (Fsp3) is 0.667. The molecule has 1 atom stereocenters. The number of amides is 1. The smallest absolute Gasteiger partial charge is 0.243 e. The standard InChI is InChI=1S/C21H34N2O3S/c1-16-15-22(12-13-23(16)19(24)14-20(2,3)4)27(25,26)18-10-8-17(9-11-18)21(5,6)7/h8-11,16H,12-15H2,1-7H3. The molecule has 6 heteroatoms. The minimum atomic E-state index is -3.55. The van der Waals surface area contributed by atoms with E-state index in [1.54, 1.807) is 12.1 Å². The molecular formula is C21H34N2O3S. The van der Waals surface area contributed by atoms with E-state index in [0.29, 0.717) is 31.0 Å². The molecule has 5 nitrogen and oxygen atoms in total. The minimum absolute atomic E-state index is 0.0180. The summed E-state index contributed by atoms with van der Waals surface area (Å²) in [5, 5.41) is 0. The lowest BCUT2D eigenvalue weighted by Crippen LogP contribution is -2.55. The van der Waals surface area contributed by atoms with Crippen LogP contribution in [0.2, 0.25) is 0 Å². The van der Waals surface area contributed by atoms with E-state index in [-0.39, 0.29) is 22.8 Å². The lowest BCUT2D eigenvalue weighted by Gasteiger charge is -2.40. The lowest BCUT2D eigenvalue weighted by molar-refractivity contribution is -0.136. The number of hydrogen-bond acceptors (Lipinski definition) is 3. The predicted molar refractivity (Wildman–Crippen MR) is 109 cm³/mol. The van der Waals surface area contributed by atoms with E-state index >= 15 is 0 Å². The molecule has 27 heavy (non-hydrogen) atoms. The van der Waals surface area contributed by atoms with Gasteiger partial charge in [-0.1, -0.05) is 53.7 Å². The maximum atomic E-state index is 13.0. The lowest BCUT2D eigenvalue weighted by atomic mass is 9.87. The van der Waals surface area contributed by atoms with Crippen LogP contribution in [-0.4, -0.2) is 49.2 Å². The van der Waals surface area contributed by atoms with Crippen molar-refractivity contribution < 1.29 is 13.2 Å². The Hall–Kier alpha value is -1.40. The quantitative estimate of drug-likeness (QED) is 0.786. The van der Waals surface area contributed by atoms with Gasteiger partial charge in [0.1, 0.15) is 0 Å². The summed E-state index contributed by atoms with van der Waals surface area (Å²) in [4.78, 5) is 14.7. The summed E-state index contributed by atoms with van der Waals surface area (Å²) in [6.07, 6.45) is 0.471. The molecule has 1 heterocycles. The van der Waals surface area contributed by atoms with E-state index in [1.165, 1.54) is 4.31 Å². The predicted octanol–water partition coefficient (Wildman–Crippen LogP) is 3.64. The molecule has 1 unspecified atom stereocenters. The fourth-order valence-electron chi connectivity index (χ4n) is 3.34. The maximum absolute atomic E-state index is 13.0. The van der Waals surface area contributed by atoms with Gasteiger partial charge in [0, 0.05) is 32.1 Å². The number of benzene rings is 1. The summed E-state index contributed by atoms with van der Waals surface area (Å²) in [7, 11) is -3.55. The van der Waals surface area contributed by atoms with E-state index in [9.17, 15) is 13.2 Å². The molecule has 0 aromatic heterocycles. The Morgan fingerprint density at radius 2 is 1.59 bits per heavy atom. The molecule has 1 aromatic carbocycles. The van der Waals surface area contributed by atoms with Crippen molar-refractivity contribution in [3.05, 3.63) is 29.8 Å². The highest BCUT2D eigenvalue weighted by Crippen LogP contribution is 2.27. The van der Waals surface area contributed by atoms with Crippen LogP contribution in [-0.2, 0) is 20.2 Å². The third kappa shape index (κ3) is 5.32. The van der Waals surface area contributed by atoms with Crippen LogP contribution in [0.4, 0.5) is 0 Å². The molecule has 0 bridgehead atoms. The molecule has 0 aliphatic carbocycles. The van der Waals surface area contributed by atoms with Gasteiger partial charge in [0.25, 0.3) is 0 Å². The Balaban J connectivity index is 2.12. The summed E-state index contributed by atoms with van der Waals surface area (Å²) in [6.45, 7) is 15.5. The number of carbonyl (C=O) groups excluding carboxylic acids is 1. The number of sulfonamides is 1. The highest BCUT2D eigenvalue weighted by atomic mass is 32.2. The molecule has 1 aromatic rings. The van der Waals surface area contributed by atoms with Gasteiger partial charge >= 0.3 is 0 Å². The van der Waals surface area contributed by atoms with Crippen LogP contribution in [0.25, 0.3) is 0 Å². The highest BCUT2D eigenvalue weighted by Gasteiger charge is 2.35. The second-order valence-corrected chi connectivity index (χ2v) is 11.7. The summed E-state index contributed by atoms with van der Waals surface area (Å²) in [5.74, 6) is 0.0987. The average molecular weight is 395 g/mol. The van der Waals surface area contributed by atoms with Crippen molar-refractivity contribution in [1.82, 2.24) is 9.21 Å². The Morgan fingerprint density at radius 1 is 1.04 bits per heavy atom. The molecule has 1 amide bonds. The van der Waals surface area contributed by atoms with Gasteiger partial charge in [-0.3, -0.25) is 4.79 Å². The molecule has 0 saturated carbocycles. The van der Waals surface area contributed by atoms with Crippen molar-refractivity contribution in [2.24, 2.45) is 5.41 Å². The Bertz CT molecular complexity index is 771. The molecule has 152 valence electrons. The van der Waals surface area contributed by atoms with Crippen LogP contribution < -0.4 is 0 Å². The van der Waals surface area contributed by atoms with Crippen molar-refractivity contribution >= 4 is 15.9 Å². The number of piperazine rings is 1. The molecule has 1 fully saturated rings.